The fourth-order valence-electron chi connectivity index (χ4n) is 1.99. The van der Waals surface area contributed by atoms with E-state index in [2.05, 4.69) is 0 Å². The lowest BCUT2D eigenvalue weighted by molar-refractivity contribution is -0.149. The standard InChI is InChI=1S/C17H21NO7/c1-10(19)18(5)9-17(25-13(4)22)14-6-7-15(23-11(2)20)16(8-14)24-12(3)21/h6-8,17H,9H2,1-5H3/t17-/m0/s1. The van der Waals surface area contributed by atoms with Gasteiger partial charge in [-0.2, -0.15) is 0 Å². The monoisotopic (exact) mass is 351 g/mol. The molecule has 0 heterocycles. The van der Waals surface area contributed by atoms with Crippen molar-refractivity contribution in [1.82, 2.24) is 4.90 Å². The van der Waals surface area contributed by atoms with Gasteiger partial charge >= 0.3 is 17.9 Å². The second kappa shape index (κ2) is 8.81. The van der Waals surface area contributed by atoms with Crippen molar-refractivity contribution >= 4 is 23.8 Å². The van der Waals surface area contributed by atoms with E-state index in [4.69, 9.17) is 14.2 Å². The number of carbonyl (C=O) groups excluding carboxylic acids is 4. The van der Waals surface area contributed by atoms with Crippen LogP contribution in [-0.2, 0) is 23.9 Å². The summed E-state index contributed by atoms with van der Waals surface area (Å²) in [6, 6.07) is 4.42. The summed E-state index contributed by atoms with van der Waals surface area (Å²) < 4.78 is 15.3. The number of hydrogen-bond acceptors (Lipinski definition) is 7. The van der Waals surface area contributed by atoms with E-state index in [1.165, 1.54) is 44.7 Å². The van der Waals surface area contributed by atoms with Gasteiger partial charge in [-0.15, -0.1) is 0 Å². The van der Waals surface area contributed by atoms with Gasteiger partial charge < -0.3 is 19.1 Å². The normalized spacial score (nSPS) is 11.2. The summed E-state index contributed by atoms with van der Waals surface area (Å²) in [5, 5.41) is 0. The number of esters is 3. The Labute approximate surface area is 145 Å². The van der Waals surface area contributed by atoms with E-state index in [0.29, 0.717) is 5.56 Å². The number of benzene rings is 1. The van der Waals surface area contributed by atoms with Crippen LogP contribution in [0.15, 0.2) is 18.2 Å². The second-order valence-corrected chi connectivity index (χ2v) is 5.39. The minimum atomic E-state index is -0.771. The SMILES string of the molecule is CC(=O)Oc1ccc([C@H](CN(C)C(C)=O)OC(C)=O)cc1OC(C)=O. The summed E-state index contributed by atoms with van der Waals surface area (Å²) in [5.74, 6) is -1.82. The molecule has 25 heavy (non-hydrogen) atoms. The first-order chi connectivity index (χ1) is 11.6. The summed E-state index contributed by atoms with van der Waals surface area (Å²) in [7, 11) is 1.57. The first-order valence-electron chi connectivity index (χ1n) is 7.49. The first-order valence-corrected chi connectivity index (χ1v) is 7.49. The Kier molecular flexibility index (Phi) is 7.10. The van der Waals surface area contributed by atoms with Gasteiger partial charge in [0, 0.05) is 34.7 Å². The number of amides is 1. The van der Waals surface area contributed by atoms with E-state index >= 15 is 0 Å². The highest BCUT2D eigenvalue weighted by Gasteiger charge is 2.21. The Bertz CT molecular complexity index is 684. The average Bonchev–Trinajstić information content (AvgIpc) is 2.46. The number of hydrogen-bond donors (Lipinski definition) is 0. The summed E-state index contributed by atoms with van der Waals surface area (Å²) in [6.45, 7) is 5.17. The molecule has 0 aliphatic rings. The van der Waals surface area contributed by atoms with Crippen LogP contribution in [0, 0.1) is 0 Å². The third-order valence-electron chi connectivity index (χ3n) is 3.13. The van der Waals surface area contributed by atoms with E-state index in [1.807, 2.05) is 0 Å². The van der Waals surface area contributed by atoms with Crippen molar-refractivity contribution < 1.29 is 33.4 Å². The Morgan fingerprint density at radius 2 is 1.48 bits per heavy atom. The summed E-state index contributed by atoms with van der Waals surface area (Å²) in [5.41, 5.74) is 0.482. The van der Waals surface area contributed by atoms with Gasteiger partial charge in [-0.05, 0) is 17.7 Å². The number of nitrogens with zero attached hydrogens (tertiary/aromatic N) is 1. The maximum Gasteiger partial charge on any atom is 0.308 e. The molecule has 8 nitrogen and oxygen atoms in total. The molecule has 8 heteroatoms. The zero-order chi connectivity index (χ0) is 19.1. The number of carbonyl (C=O) groups is 4. The van der Waals surface area contributed by atoms with Crippen molar-refractivity contribution in [2.24, 2.45) is 0 Å². The predicted molar refractivity (Wildman–Crippen MR) is 86.9 cm³/mol. The van der Waals surface area contributed by atoms with Crippen LogP contribution < -0.4 is 9.47 Å². The quantitative estimate of drug-likeness (QED) is 0.567. The van der Waals surface area contributed by atoms with Crippen molar-refractivity contribution in [3.63, 3.8) is 0 Å². The zero-order valence-electron chi connectivity index (χ0n) is 14.8. The number of rotatable bonds is 6. The van der Waals surface area contributed by atoms with Gasteiger partial charge in [0.15, 0.2) is 11.5 Å². The molecule has 0 aliphatic heterocycles. The fraction of sp³-hybridized carbons (Fsp3) is 0.412. The Morgan fingerprint density at radius 3 is 1.96 bits per heavy atom. The number of ether oxygens (including phenoxy) is 3. The maximum atomic E-state index is 11.4. The van der Waals surface area contributed by atoms with Gasteiger partial charge in [0.2, 0.25) is 5.91 Å². The van der Waals surface area contributed by atoms with Gasteiger partial charge in [-0.1, -0.05) is 6.07 Å². The van der Waals surface area contributed by atoms with Crippen molar-refractivity contribution in [1.29, 1.82) is 0 Å². The smallest absolute Gasteiger partial charge is 0.308 e. The molecule has 0 saturated heterocycles. The lowest BCUT2D eigenvalue weighted by Crippen LogP contribution is -2.30. The Balaban J connectivity index is 3.23. The average molecular weight is 351 g/mol. The lowest BCUT2D eigenvalue weighted by Gasteiger charge is -2.24. The van der Waals surface area contributed by atoms with Crippen LogP contribution in [0.3, 0.4) is 0 Å². The minimum Gasteiger partial charge on any atom is -0.456 e. The van der Waals surface area contributed by atoms with Crippen molar-refractivity contribution in [3.8, 4) is 11.5 Å². The van der Waals surface area contributed by atoms with Crippen molar-refractivity contribution in [3.05, 3.63) is 23.8 Å². The third kappa shape index (κ3) is 6.62. The van der Waals surface area contributed by atoms with E-state index in [1.54, 1.807) is 13.1 Å². The van der Waals surface area contributed by atoms with Crippen molar-refractivity contribution in [2.75, 3.05) is 13.6 Å². The summed E-state index contributed by atoms with van der Waals surface area (Å²) >= 11 is 0. The van der Waals surface area contributed by atoms with Crippen LogP contribution in [0.5, 0.6) is 11.5 Å². The molecule has 0 aliphatic carbocycles. The lowest BCUT2D eigenvalue weighted by atomic mass is 10.1. The second-order valence-electron chi connectivity index (χ2n) is 5.39. The van der Waals surface area contributed by atoms with Gasteiger partial charge in [0.25, 0.3) is 0 Å². The molecule has 1 amide bonds. The topological polar surface area (TPSA) is 99.2 Å². The zero-order valence-corrected chi connectivity index (χ0v) is 14.8. The Morgan fingerprint density at radius 1 is 0.920 bits per heavy atom. The van der Waals surface area contributed by atoms with Crippen molar-refractivity contribution in [2.45, 2.75) is 33.8 Å². The van der Waals surface area contributed by atoms with E-state index in [0.717, 1.165) is 0 Å². The van der Waals surface area contributed by atoms with E-state index < -0.39 is 24.0 Å². The molecule has 0 aromatic heterocycles. The predicted octanol–water partition coefficient (Wildman–Crippen LogP) is 1.62. The molecule has 0 spiro atoms. The van der Waals surface area contributed by atoms with Gasteiger partial charge in [-0.25, -0.2) is 0 Å². The third-order valence-corrected chi connectivity index (χ3v) is 3.13. The van der Waals surface area contributed by atoms with Gasteiger partial charge in [0.05, 0.1) is 6.54 Å². The number of likely N-dealkylation sites (N-methyl/N-ethyl adjacent to an activating group) is 1. The molecule has 1 aromatic rings. The van der Waals surface area contributed by atoms with E-state index in [9.17, 15) is 19.2 Å². The van der Waals surface area contributed by atoms with Crippen LogP contribution in [-0.4, -0.2) is 42.3 Å². The van der Waals surface area contributed by atoms with Crippen LogP contribution >= 0.6 is 0 Å². The summed E-state index contributed by atoms with van der Waals surface area (Å²) in [6.07, 6.45) is -0.771. The molecule has 0 N–H and O–H groups in total. The minimum absolute atomic E-state index is 0.0165. The van der Waals surface area contributed by atoms with Crippen LogP contribution in [0.1, 0.15) is 39.4 Å². The van der Waals surface area contributed by atoms with Crippen LogP contribution in [0.4, 0.5) is 0 Å². The van der Waals surface area contributed by atoms with Crippen LogP contribution in [0.25, 0.3) is 0 Å². The summed E-state index contributed by atoms with van der Waals surface area (Å²) in [4.78, 5) is 46.6. The molecule has 0 radical (unpaired) electrons. The van der Waals surface area contributed by atoms with Gasteiger partial charge in [-0.3, -0.25) is 19.2 Å². The highest BCUT2D eigenvalue weighted by atomic mass is 16.6. The molecule has 0 bridgehead atoms. The molecule has 0 fully saturated rings. The Hall–Kier alpha value is -2.90. The molecule has 1 atom stereocenters. The van der Waals surface area contributed by atoms with Gasteiger partial charge in [0.1, 0.15) is 6.10 Å². The molecule has 0 unspecified atom stereocenters. The molecular formula is C17H21NO7. The highest BCUT2D eigenvalue weighted by Crippen LogP contribution is 2.32. The van der Waals surface area contributed by atoms with E-state index in [-0.39, 0.29) is 24.0 Å². The fourth-order valence-corrected chi connectivity index (χ4v) is 1.99. The first kappa shape index (κ1) is 20.1. The molecule has 1 rings (SSSR count). The molecule has 136 valence electrons. The van der Waals surface area contributed by atoms with Crippen LogP contribution in [0.2, 0.25) is 0 Å². The molecular weight excluding hydrogens is 330 g/mol. The molecule has 0 saturated carbocycles. The largest absolute Gasteiger partial charge is 0.456 e. The highest BCUT2D eigenvalue weighted by molar-refractivity contribution is 5.74. The molecule has 1 aromatic carbocycles. The maximum absolute atomic E-state index is 11.4.